The van der Waals surface area contributed by atoms with Gasteiger partial charge in [0.15, 0.2) is 10.8 Å². The summed E-state index contributed by atoms with van der Waals surface area (Å²) in [5.41, 5.74) is -3.09. The highest BCUT2D eigenvalue weighted by Crippen LogP contribution is 2.37. The molecular weight excluding hydrogens is 464 g/mol. The predicted octanol–water partition coefficient (Wildman–Crippen LogP) is 4.49. The van der Waals surface area contributed by atoms with Gasteiger partial charge in [-0.3, -0.25) is 14.9 Å². The molecule has 33 heavy (non-hydrogen) atoms. The molecule has 2 aromatic rings. The SMILES string of the molecule is CC(C)(NC(=O)NC1CCCC1)C(=O)Nc1nc(C(F)(F)F)c(C(=O)c2ccc(F)cc2)s1. The second-order valence-corrected chi connectivity index (χ2v) is 9.19. The number of amides is 3. The van der Waals surface area contributed by atoms with Crippen LogP contribution in [0.1, 0.15) is 60.5 Å². The zero-order valence-corrected chi connectivity index (χ0v) is 18.6. The van der Waals surface area contributed by atoms with Crippen LogP contribution >= 0.6 is 11.3 Å². The zero-order chi connectivity index (χ0) is 24.4. The maximum atomic E-state index is 13.5. The first-order valence-electron chi connectivity index (χ1n) is 10.2. The molecule has 0 spiro atoms. The van der Waals surface area contributed by atoms with Gasteiger partial charge >= 0.3 is 12.2 Å². The Bertz CT molecular complexity index is 1040. The second kappa shape index (κ2) is 9.46. The van der Waals surface area contributed by atoms with E-state index in [1.165, 1.54) is 13.8 Å². The number of rotatable bonds is 6. The summed E-state index contributed by atoms with van der Waals surface area (Å²) in [4.78, 5) is 40.1. The molecule has 1 aliphatic carbocycles. The molecule has 1 saturated carbocycles. The Labute approximate surface area is 191 Å². The molecule has 1 aliphatic rings. The van der Waals surface area contributed by atoms with E-state index >= 15 is 0 Å². The van der Waals surface area contributed by atoms with Gasteiger partial charge in [-0.2, -0.15) is 13.2 Å². The van der Waals surface area contributed by atoms with Crippen molar-refractivity contribution in [3.63, 3.8) is 0 Å². The molecular formula is C21H22F4N4O3S. The normalized spacial score (nSPS) is 14.7. The van der Waals surface area contributed by atoms with Gasteiger partial charge in [0.1, 0.15) is 16.2 Å². The summed E-state index contributed by atoms with van der Waals surface area (Å²) < 4.78 is 53.6. The molecule has 1 aromatic heterocycles. The van der Waals surface area contributed by atoms with E-state index in [9.17, 15) is 31.9 Å². The Morgan fingerprint density at radius 3 is 2.24 bits per heavy atom. The molecule has 1 heterocycles. The predicted molar refractivity (Wildman–Crippen MR) is 114 cm³/mol. The molecule has 3 amide bonds. The van der Waals surface area contributed by atoms with E-state index in [0.717, 1.165) is 49.9 Å². The van der Waals surface area contributed by atoms with Crippen LogP contribution in [0.25, 0.3) is 0 Å². The number of thiazole rings is 1. The summed E-state index contributed by atoms with van der Waals surface area (Å²) >= 11 is 0.348. The maximum Gasteiger partial charge on any atom is 0.435 e. The first-order chi connectivity index (χ1) is 15.4. The van der Waals surface area contributed by atoms with Crippen LogP contribution in [-0.2, 0) is 11.0 Å². The average molecular weight is 486 g/mol. The number of ketones is 1. The molecule has 3 rings (SSSR count). The van der Waals surface area contributed by atoms with Crippen molar-refractivity contribution in [2.24, 2.45) is 0 Å². The van der Waals surface area contributed by atoms with Gasteiger partial charge in [-0.25, -0.2) is 14.2 Å². The van der Waals surface area contributed by atoms with Crippen molar-refractivity contribution in [3.8, 4) is 0 Å². The van der Waals surface area contributed by atoms with E-state index in [2.05, 4.69) is 20.9 Å². The number of hydrogen-bond donors (Lipinski definition) is 3. The van der Waals surface area contributed by atoms with E-state index in [-0.39, 0.29) is 11.6 Å². The number of alkyl halides is 3. The van der Waals surface area contributed by atoms with Crippen LogP contribution in [0, 0.1) is 5.82 Å². The van der Waals surface area contributed by atoms with Gasteiger partial charge in [0.05, 0.1) is 0 Å². The number of nitrogens with zero attached hydrogens (tertiary/aromatic N) is 1. The quantitative estimate of drug-likeness (QED) is 0.414. The minimum atomic E-state index is -4.96. The molecule has 7 nitrogen and oxygen atoms in total. The number of urea groups is 1. The topological polar surface area (TPSA) is 100 Å². The largest absolute Gasteiger partial charge is 0.435 e. The van der Waals surface area contributed by atoms with Crippen LogP contribution in [0.2, 0.25) is 0 Å². The van der Waals surface area contributed by atoms with Crippen molar-refractivity contribution in [1.29, 1.82) is 0 Å². The lowest BCUT2D eigenvalue weighted by Crippen LogP contribution is -2.56. The summed E-state index contributed by atoms with van der Waals surface area (Å²) in [7, 11) is 0. The number of carbonyl (C=O) groups is 3. The first-order valence-corrected chi connectivity index (χ1v) is 11.0. The molecule has 1 fully saturated rings. The highest BCUT2D eigenvalue weighted by Gasteiger charge is 2.40. The van der Waals surface area contributed by atoms with Gasteiger partial charge in [0.25, 0.3) is 5.91 Å². The fourth-order valence-electron chi connectivity index (χ4n) is 3.34. The lowest BCUT2D eigenvalue weighted by atomic mass is 10.1. The number of aromatic nitrogens is 1. The monoisotopic (exact) mass is 486 g/mol. The van der Waals surface area contributed by atoms with Crippen LogP contribution in [0.15, 0.2) is 24.3 Å². The van der Waals surface area contributed by atoms with Crippen LogP contribution < -0.4 is 16.0 Å². The lowest BCUT2D eigenvalue weighted by molar-refractivity contribution is -0.141. The molecule has 0 saturated heterocycles. The van der Waals surface area contributed by atoms with Crippen molar-refractivity contribution in [2.75, 3.05) is 5.32 Å². The Morgan fingerprint density at radius 2 is 1.67 bits per heavy atom. The molecule has 0 radical (unpaired) electrons. The summed E-state index contributed by atoms with van der Waals surface area (Å²) in [5.74, 6) is -2.47. The third-order valence-electron chi connectivity index (χ3n) is 5.11. The molecule has 178 valence electrons. The van der Waals surface area contributed by atoms with Crippen molar-refractivity contribution in [1.82, 2.24) is 15.6 Å². The lowest BCUT2D eigenvalue weighted by Gasteiger charge is -2.25. The number of anilines is 1. The molecule has 1 aromatic carbocycles. The van der Waals surface area contributed by atoms with Crippen molar-refractivity contribution in [2.45, 2.75) is 57.3 Å². The first kappa shape index (κ1) is 24.6. The van der Waals surface area contributed by atoms with Crippen molar-refractivity contribution < 1.29 is 31.9 Å². The fraction of sp³-hybridized carbons (Fsp3) is 0.429. The van der Waals surface area contributed by atoms with Gasteiger partial charge < -0.3 is 10.6 Å². The third kappa shape index (κ3) is 6.06. The van der Waals surface area contributed by atoms with Gasteiger partial charge in [0, 0.05) is 11.6 Å². The van der Waals surface area contributed by atoms with Crippen LogP contribution in [0.5, 0.6) is 0 Å². The van der Waals surface area contributed by atoms with E-state index in [1.807, 2.05) is 0 Å². The highest BCUT2D eigenvalue weighted by molar-refractivity contribution is 7.18. The standard InChI is InChI=1S/C21H22F4N4O3S/c1-20(2,29-18(32)26-13-5-3-4-6-13)17(31)28-19-27-16(21(23,24)25)15(33-19)14(30)11-7-9-12(22)10-8-11/h7-10,13H,3-6H2,1-2H3,(H2,26,29,32)(H,27,28,31). The molecule has 0 unspecified atom stereocenters. The summed E-state index contributed by atoms with van der Waals surface area (Å²) in [6, 6.07) is 3.48. The Balaban J connectivity index is 1.77. The van der Waals surface area contributed by atoms with Gasteiger partial charge in [-0.1, -0.05) is 24.2 Å². The van der Waals surface area contributed by atoms with Gasteiger partial charge in [0.2, 0.25) is 5.78 Å². The smallest absolute Gasteiger partial charge is 0.335 e. The Kier molecular flexibility index (Phi) is 7.06. The number of nitrogens with one attached hydrogen (secondary N) is 3. The minimum absolute atomic E-state index is 0.0113. The molecule has 0 atom stereocenters. The number of hydrogen-bond acceptors (Lipinski definition) is 5. The van der Waals surface area contributed by atoms with E-state index in [1.54, 1.807) is 0 Å². The van der Waals surface area contributed by atoms with Crippen molar-refractivity contribution >= 4 is 34.2 Å². The third-order valence-corrected chi connectivity index (χ3v) is 6.08. The zero-order valence-electron chi connectivity index (χ0n) is 17.8. The average Bonchev–Trinajstić information content (AvgIpc) is 3.37. The summed E-state index contributed by atoms with van der Waals surface area (Å²) in [5, 5.41) is 7.05. The molecule has 12 heteroatoms. The van der Waals surface area contributed by atoms with Gasteiger partial charge in [-0.15, -0.1) is 0 Å². The maximum absolute atomic E-state index is 13.5. The van der Waals surface area contributed by atoms with Crippen LogP contribution in [0.3, 0.4) is 0 Å². The highest BCUT2D eigenvalue weighted by atomic mass is 32.1. The van der Waals surface area contributed by atoms with Gasteiger partial charge in [-0.05, 0) is 51.0 Å². The second-order valence-electron chi connectivity index (χ2n) is 8.19. The Morgan fingerprint density at radius 1 is 1.06 bits per heavy atom. The fourth-order valence-corrected chi connectivity index (χ4v) is 4.28. The minimum Gasteiger partial charge on any atom is -0.335 e. The number of carbonyl (C=O) groups excluding carboxylic acids is 3. The summed E-state index contributed by atoms with van der Waals surface area (Å²) in [6.45, 7) is 2.78. The van der Waals surface area contributed by atoms with Crippen molar-refractivity contribution in [3.05, 3.63) is 46.2 Å². The number of benzene rings is 1. The molecule has 0 bridgehead atoms. The van der Waals surface area contributed by atoms with E-state index in [0.29, 0.717) is 11.3 Å². The van der Waals surface area contributed by atoms with E-state index < -0.39 is 51.0 Å². The van der Waals surface area contributed by atoms with E-state index in [4.69, 9.17) is 0 Å². The molecule has 0 aliphatic heterocycles. The number of halogens is 4. The molecule has 3 N–H and O–H groups in total. The van der Waals surface area contributed by atoms with Crippen LogP contribution in [0.4, 0.5) is 27.5 Å². The summed E-state index contributed by atoms with van der Waals surface area (Å²) in [6.07, 6.45) is -1.29. The van der Waals surface area contributed by atoms with Crippen LogP contribution in [-0.4, -0.2) is 34.3 Å². The Hall–Kier alpha value is -3.02.